The van der Waals surface area contributed by atoms with Gasteiger partial charge in [0, 0.05) is 0 Å². The molecule has 0 aromatic heterocycles. The predicted molar refractivity (Wildman–Crippen MR) is 42.8 cm³/mol. The van der Waals surface area contributed by atoms with E-state index in [9.17, 15) is 9.59 Å². The third-order valence-electron chi connectivity index (χ3n) is 2.04. The van der Waals surface area contributed by atoms with Crippen molar-refractivity contribution < 1.29 is 19.8 Å². The number of rotatable bonds is 5. The van der Waals surface area contributed by atoms with Crippen LogP contribution in [0.5, 0.6) is 0 Å². The van der Waals surface area contributed by atoms with E-state index in [4.69, 9.17) is 10.2 Å². The number of carboxylic acid groups (broad SMARTS) is 2. The summed E-state index contributed by atoms with van der Waals surface area (Å²) >= 11 is 0. The molecule has 0 saturated carbocycles. The molecule has 0 amide bonds. The average molecular weight is 174 g/mol. The largest absolute Gasteiger partial charge is 0.481 e. The second kappa shape index (κ2) is 4.74. The SMILES string of the molecule is CC[C@H](C)[C@@H](CC(=O)O)C(=O)O. The first-order valence-electron chi connectivity index (χ1n) is 3.93. The minimum absolute atomic E-state index is 0.0846. The maximum atomic E-state index is 10.6. The predicted octanol–water partition coefficient (Wildman–Crippen LogP) is 1.21. The normalized spacial score (nSPS) is 15.2. The van der Waals surface area contributed by atoms with Crippen molar-refractivity contribution in [3.05, 3.63) is 0 Å². The first-order chi connectivity index (χ1) is 5.49. The molecule has 0 fully saturated rings. The van der Waals surface area contributed by atoms with E-state index < -0.39 is 17.9 Å². The Kier molecular flexibility index (Phi) is 4.33. The van der Waals surface area contributed by atoms with E-state index in [0.29, 0.717) is 6.42 Å². The second-order valence-electron chi connectivity index (χ2n) is 2.93. The molecule has 0 radical (unpaired) electrons. The van der Waals surface area contributed by atoms with Gasteiger partial charge in [-0.05, 0) is 5.92 Å². The van der Waals surface area contributed by atoms with Gasteiger partial charge in [-0.1, -0.05) is 20.3 Å². The van der Waals surface area contributed by atoms with Gasteiger partial charge in [0.15, 0.2) is 0 Å². The van der Waals surface area contributed by atoms with Crippen LogP contribution in [-0.2, 0) is 9.59 Å². The first-order valence-corrected chi connectivity index (χ1v) is 3.93. The zero-order valence-electron chi connectivity index (χ0n) is 7.28. The van der Waals surface area contributed by atoms with Crippen LogP contribution in [0.25, 0.3) is 0 Å². The minimum Gasteiger partial charge on any atom is -0.481 e. The van der Waals surface area contributed by atoms with Crippen LogP contribution in [0.15, 0.2) is 0 Å². The van der Waals surface area contributed by atoms with Gasteiger partial charge < -0.3 is 10.2 Å². The van der Waals surface area contributed by atoms with Crippen molar-refractivity contribution in [1.29, 1.82) is 0 Å². The van der Waals surface area contributed by atoms with Crippen LogP contribution in [0.3, 0.4) is 0 Å². The lowest BCUT2D eigenvalue weighted by Gasteiger charge is -2.15. The van der Waals surface area contributed by atoms with Crippen LogP contribution < -0.4 is 0 Å². The van der Waals surface area contributed by atoms with Crippen LogP contribution in [0.4, 0.5) is 0 Å². The molecule has 4 nitrogen and oxygen atoms in total. The Labute approximate surface area is 71.2 Å². The van der Waals surface area contributed by atoms with E-state index in [2.05, 4.69) is 0 Å². The van der Waals surface area contributed by atoms with E-state index in [1.807, 2.05) is 6.92 Å². The molecule has 0 unspecified atom stereocenters. The van der Waals surface area contributed by atoms with Crippen molar-refractivity contribution >= 4 is 11.9 Å². The third-order valence-corrected chi connectivity index (χ3v) is 2.04. The third kappa shape index (κ3) is 3.37. The molecular weight excluding hydrogens is 160 g/mol. The molecule has 0 rings (SSSR count). The molecule has 0 spiro atoms. The topological polar surface area (TPSA) is 74.6 Å². The van der Waals surface area contributed by atoms with Crippen molar-refractivity contribution in [3.8, 4) is 0 Å². The maximum Gasteiger partial charge on any atom is 0.307 e. The Morgan fingerprint density at radius 3 is 2.08 bits per heavy atom. The van der Waals surface area contributed by atoms with Crippen LogP contribution in [0, 0.1) is 11.8 Å². The zero-order chi connectivity index (χ0) is 9.72. The molecule has 4 heteroatoms. The Morgan fingerprint density at radius 1 is 1.33 bits per heavy atom. The van der Waals surface area contributed by atoms with Gasteiger partial charge in [0.05, 0.1) is 12.3 Å². The zero-order valence-corrected chi connectivity index (χ0v) is 7.28. The summed E-state index contributed by atoms with van der Waals surface area (Å²) in [6.45, 7) is 3.60. The van der Waals surface area contributed by atoms with Gasteiger partial charge >= 0.3 is 11.9 Å². The molecule has 0 aliphatic carbocycles. The summed E-state index contributed by atoms with van der Waals surface area (Å²) in [5.41, 5.74) is 0. The van der Waals surface area contributed by atoms with Crippen molar-refractivity contribution in [2.24, 2.45) is 11.8 Å². The monoisotopic (exact) mass is 174 g/mol. The molecule has 12 heavy (non-hydrogen) atoms. The summed E-state index contributed by atoms with van der Waals surface area (Å²) in [6, 6.07) is 0. The lowest BCUT2D eigenvalue weighted by Crippen LogP contribution is -2.24. The number of aliphatic carboxylic acids is 2. The Morgan fingerprint density at radius 2 is 1.83 bits per heavy atom. The molecule has 0 saturated heterocycles. The van der Waals surface area contributed by atoms with Crippen LogP contribution >= 0.6 is 0 Å². The summed E-state index contributed by atoms with van der Waals surface area (Å²) < 4.78 is 0. The molecule has 0 heterocycles. The molecule has 0 aliphatic rings. The lowest BCUT2D eigenvalue weighted by atomic mass is 9.89. The summed E-state index contributed by atoms with van der Waals surface area (Å²) in [7, 11) is 0. The van der Waals surface area contributed by atoms with Crippen LogP contribution in [0.1, 0.15) is 26.7 Å². The number of hydrogen-bond acceptors (Lipinski definition) is 2. The van der Waals surface area contributed by atoms with Gasteiger partial charge in [-0.3, -0.25) is 9.59 Å². The summed E-state index contributed by atoms with van der Waals surface area (Å²) in [4.78, 5) is 20.8. The number of hydrogen-bond donors (Lipinski definition) is 2. The highest BCUT2D eigenvalue weighted by Crippen LogP contribution is 2.18. The van der Waals surface area contributed by atoms with E-state index in [1.54, 1.807) is 6.92 Å². The van der Waals surface area contributed by atoms with Gasteiger partial charge in [-0.2, -0.15) is 0 Å². The van der Waals surface area contributed by atoms with Crippen LogP contribution in [0.2, 0.25) is 0 Å². The molecule has 0 aromatic rings. The van der Waals surface area contributed by atoms with E-state index in [1.165, 1.54) is 0 Å². The van der Waals surface area contributed by atoms with E-state index in [0.717, 1.165) is 0 Å². The van der Waals surface area contributed by atoms with Crippen molar-refractivity contribution in [2.45, 2.75) is 26.7 Å². The Balaban J connectivity index is 4.22. The first kappa shape index (κ1) is 10.9. The maximum absolute atomic E-state index is 10.6. The fourth-order valence-electron chi connectivity index (χ4n) is 1.00. The number of carboxylic acids is 2. The quantitative estimate of drug-likeness (QED) is 0.656. The fraction of sp³-hybridized carbons (Fsp3) is 0.750. The van der Waals surface area contributed by atoms with E-state index >= 15 is 0 Å². The molecule has 70 valence electrons. The lowest BCUT2D eigenvalue weighted by molar-refractivity contribution is -0.150. The van der Waals surface area contributed by atoms with Gasteiger partial charge in [0.2, 0.25) is 0 Å². The molecule has 0 bridgehead atoms. The Hall–Kier alpha value is -1.06. The van der Waals surface area contributed by atoms with E-state index in [-0.39, 0.29) is 12.3 Å². The average Bonchev–Trinajstić information content (AvgIpc) is 1.98. The molecule has 0 aliphatic heterocycles. The van der Waals surface area contributed by atoms with Gasteiger partial charge in [-0.25, -0.2) is 0 Å². The minimum atomic E-state index is -1.05. The van der Waals surface area contributed by atoms with Crippen LogP contribution in [-0.4, -0.2) is 22.2 Å². The standard InChI is InChI=1S/C8H14O4/c1-3-5(2)6(8(11)12)4-7(9)10/h5-6H,3-4H2,1-2H3,(H,9,10)(H,11,12)/t5-,6+/m0/s1. The van der Waals surface area contributed by atoms with Gasteiger partial charge in [0.25, 0.3) is 0 Å². The second-order valence-corrected chi connectivity index (χ2v) is 2.93. The molecule has 0 aromatic carbocycles. The number of carbonyl (C=O) groups is 2. The highest BCUT2D eigenvalue weighted by Gasteiger charge is 2.25. The molecular formula is C8H14O4. The Bertz CT molecular complexity index is 176. The smallest absolute Gasteiger partial charge is 0.307 e. The summed E-state index contributed by atoms with van der Waals surface area (Å²) in [5.74, 6) is -2.92. The fourth-order valence-corrected chi connectivity index (χ4v) is 1.00. The molecule has 2 atom stereocenters. The highest BCUT2D eigenvalue weighted by atomic mass is 16.4. The van der Waals surface area contributed by atoms with Crippen molar-refractivity contribution in [1.82, 2.24) is 0 Å². The van der Waals surface area contributed by atoms with Gasteiger partial charge in [0.1, 0.15) is 0 Å². The summed E-state index contributed by atoms with van der Waals surface area (Å²) in [6.07, 6.45) is 0.397. The highest BCUT2D eigenvalue weighted by molar-refractivity contribution is 5.77. The van der Waals surface area contributed by atoms with Crippen molar-refractivity contribution in [2.75, 3.05) is 0 Å². The van der Waals surface area contributed by atoms with Crippen molar-refractivity contribution in [3.63, 3.8) is 0 Å². The molecule has 2 N–H and O–H groups in total. The van der Waals surface area contributed by atoms with Gasteiger partial charge in [-0.15, -0.1) is 0 Å². The summed E-state index contributed by atoms with van der Waals surface area (Å²) in [5, 5.41) is 17.1.